The summed E-state index contributed by atoms with van der Waals surface area (Å²) in [7, 11) is 0. The molecule has 0 unspecified atom stereocenters. The lowest BCUT2D eigenvalue weighted by molar-refractivity contribution is 0.104. The largest absolute Gasteiger partial charge is 0.345 e. The number of halogens is 2. The summed E-state index contributed by atoms with van der Waals surface area (Å²) in [5, 5.41) is 0.713. The molecule has 0 fully saturated rings. The summed E-state index contributed by atoms with van der Waals surface area (Å²) in [6, 6.07) is 6.31. The van der Waals surface area contributed by atoms with Gasteiger partial charge in [-0.1, -0.05) is 12.1 Å². The highest BCUT2D eigenvalue weighted by Gasteiger charge is 2.16. The summed E-state index contributed by atoms with van der Waals surface area (Å²) in [5.74, 6) is -0.606. The molecule has 2 aromatic heterocycles. The highest BCUT2D eigenvalue weighted by molar-refractivity contribution is 9.10. The van der Waals surface area contributed by atoms with Crippen molar-refractivity contribution in [2.75, 3.05) is 0 Å². The average Bonchev–Trinajstić information content (AvgIpc) is 2.84. The fourth-order valence-corrected chi connectivity index (χ4v) is 2.39. The molecule has 0 radical (unpaired) electrons. The molecule has 0 saturated heterocycles. The number of rotatable bonds is 2. The molecule has 0 amide bonds. The summed E-state index contributed by atoms with van der Waals surface area (Å²) in [5.41, 5.74) is 1.96. The molecular formula is C15H10BrFN2O. The maximum Gasteiger partial charge on any atom is 0.195 e. The second kappa shape index (κ2) is 4.83. The van der Waals surface area contributed by atoms with Crippen LogP contribution in [0.2, 0.25) is 0 Å². The molecule has 5 heteroatoms. The number of hydrogen-bond donors (Lipinski definition) is 1. The Kier molecular flexibility index (Phi) is 3.14. The van der Waals surface area contributed by atoms with E-state index >= 15 is 0 Å². The van der Waals surface area contributed by atoms with Gasteiger partial charge in [-0.15, -0.1) is 0 Å². The van der Waals surface area contributed by atoms with Crippen LogP contribution >= 0.6 is 15.9 Å². The van der Waals surface area contributed by atoms with Gasteiger partial charge < -0.3 is 4.98 Å². The molecule has 0 spiro atoms. The number of aromatic amines is 1. The zero-order valence-electron chi connectivity index (χ0n) is 10.6. The minimum Gasteiger partial charge on any atom is -0.345 e. The van der Waals surface area contributed by atoms with E-state index in [0.717, 1.165) is 4.47 Å². The lowest BCUT2D eigenvalue weighted by Gasteiger charge is -2.02. The SMILES string of the molecule is Cc1ccc(C(=O)c2c[nH]c3ncc(Br)cc23)cc1F. The van der Waals surface area contributed by atoms with Crippen molar-refractivity contribution in [3.8, 4) is 0 Å². The Balaban J connectivity index is 2.12. The van der Waals surface area contributed by atoms with E-state index in [1.165, 1.54) is 6.07 Å². The van der Waals surface area contributed by atoms with Gasteiger partial charge in [-0.2, -0.15) is 0 Å². The average molecular weight is 333 g/mol. The number of H-pyrrole nitrogens is 1. The molecule has 0 aliphatic carbocycles. The number of nitrogens with zero attached hydrogens (tertiary/aromatic N) is 1. The summed E-state index contributed by atoms with van der Waals surface area (Å²) >= 11 is 3.33. The van der Waals surface area contributed by atoms with E-state index < -0.39 is 0 Å². The normalized spacial score (nSPS) is 10.9. The van der Waals surface area contributed by atoms with Crippen molar-refractivity contribution in [2.45, 2.75) is 6.92 Å². The first kappa shape index (κ1) is 13.0. The third-order valence-electron chi connectivity index (χ3n) is 3.18. The molecule has 3 rings (SSSR count). The van der Waals surface area contributed by atoms with Crippen molar-refractivity contribution in [1.29, 1.82) is 0 Å². The number of carbonyl (C=O) groups is 1. The Hall–Kier alpha value is -2.01. The molecule has 0 bridgehead atoms. The zero-order valence-corrected chi connectivity index (χ0v) is 12.2. The Bertz CT molecular complexity index is 826. The van der Waals surface area contributed by atoms with Gasteiger partial charge in [-0.25, -0.2) is 9.37 Å². The molecule has 0 atom stereocenters. The van der Waals surface area contributed by atoms with Crippen molar-refractivity contribution in [3.63, 3.8) is 0 Å². The fourth-order valence-electron chi connectivity index (χ4n) is 2.06. The molecule has 2 heterocycles. The van der Waals surface area contributed by atoms with Crippen LogP contribution in [-0.4, -0.2) is 15.8 Å². The smallest absolute Gasteiger partial charge is 0.195 e. The molecule has 0 aliphatic heterocycles. The van der Waals surface area contributed by atoms with Crippen LogP contribution in [0.15, 0.2) is 41.1 Å². The van der Waals surface area contributed by atoms with Crippen LogP contribution in [0.1, 0.15) is 21.5 Å². The molecule has 0 saturated carbocycles. The molecule has 3 aromatic rings. The lowest BCUT2D eigenvalue weighted by Crippen LogP contribution is -2.01. The van der Waals surface area contributed by atoms with Crippen LogP contribution < -0.4 is 0 Å². The van der Waals surface area contributed by atoms with Gasteiger partial charge in [-0.3, -0.25) is 4.79 Å². The number of benzene rings is 1. The van der Waals surface area contributed by atoms with E-state index in [0.29, 0.717) is 27.7 Å². The Morgan fingerprint density at radius 3 is 2.90 bits per heavy atom. The maximum absolute atomic E-state index is 13.6. The third-order valence-corrected chi connectivity index (χ3v) is 3.61. The van der Waals surface area contributed by atoms with Crippen LogP contribution in [0.4, 0.5) is 4.39 Å². The number of pyridine rings is 1. The summed E-state index contributed by atoms with van der Waals surface area (Å²) in [6.07, 6.45) is 3.25. The van der Waals surface area contributed by atoms with Crippen LogP contribution in [-0.2, 0) is 0 Å². The lowest BCUT2D eigenvalue weighted by atomic mass is 10.0. The van der Waals surface area contributed by atoms with Crippen LogP contribution in [0.5, 0.6) is 0 Å². The number of fused-ring (bicyclic) bond motifs is 1. The Labute approximate surface area is 123 Å². The maximum atomic E-state index is 13.6. The summed E-state index contributed by atoms with van der Waals surface area (Å²) in [6.45, 7) is 1.66. The number of nitrogens with one attached hydrogen (secondary N) is 1. The van der Waals surface area contributed by atoms with Gasteiger partial charge in [0.05, 0.1) is 0 Å². The van der Waals surface area contributed by atoms with Crippen LogP contribution in [0.3, 0.4) is 0 Å². The second-order valence-corrected chi connectivity index (χ2v) is 5.46. The monoisotopic (exact) mass is 332 g/mol. The Morgan fingerprint density at radius 2 is 2.15 bits per heavy atom. The first-order valence-corrected chi connectivity index (χ1v) is 6.79. The zero-order chi connectivity index (χ0) is 14.3. The van der Waals surface area contributed by atoms with Crippen molar-refractivity contribution in [2.24, 2.45) is 0 Å². The van der Waals surface area contributed by atoms with E-state index in [1.54, 1.807) is 31.5 Å². The quantitative estimate of drug-likeness (QED) is 0.721. The fraction of sp³-hybridized carbons (Fsp3) is 0.0667. The molecular weight excluding hydrogens is 323 g/mol. The van der Waals surface area contributed by atoms with Crippen LogP contribution in [0.25, 0.3) is 11.0 Å². The third kappa shape index (κ3) is 2.14. The van der Waals surface area contributed by atoms with Gasteiger partial charge in [0.15, 0.2) is 5.78 Å². The van der Waals surface area contributed by atoms with E-state index in [9.17, 15) is 9.18 Å². The van der Waals surface area contributed by atoms with Gasteiger partial charge in [-0.05, 0) is 40.5 Å². The minimum atomic E-state index is -0.380. The van der Waals surface area contributed by atoms with Crippen LogP contribution in [0, 0.1) is 12.7 Å². The van der Waals surface area contributed by atoms with E-state index in [4.69, 9.17) is 0 Å². The van der Waals surface area contributed by atoms with E-state index in [1.807, 2.05) is 6.07 Å². The van der Waals surface area contributed by atoms with Crippen molar-refractivity contribution >= 4 is 32.7 Å². The molecule has 1 aromatic carbocycles. The van der Waals surface area contributed by atoms with Gasteiger partial charge >= 0.3 is 0 Å². The topological polar surface area (TPSA) is 45.8 Å². The predicted molar refractivity (Wildman–Crippen MR) is 78.4 cm³/mol. The van der Waals surface area contributed by atoms with Gasteiger partial charge in [0, 0.05) is 33.4 Å². The highest BCUT2D eigenvalue weighted by atomic mass is 79.9. The van der Waals surface area contributed by atoms with Crippen molar-refractivity contribution in [3.05, 3.63) is 63.6 Å². The highest BCUT2D eigenvalue weighted by Crippen LogP contribution is 2.23. The summed E-state index contributed by atoms with van der Waals surface area (Å²) in [4.78, 5) is 19.6. The van der Waals surface area contributed by atoms with Crippen molar-refractivity contribution in [1.82, 2.24) is 9.97 Å². The Morgan fingerprint density at radius 1 is 1.35 bits per heavy atom. The van der Waals surface area contributed by atoms with Gasteiger partial charge in [0.25, 0.3) is 0 Å². The number of carbonyl (C=O) groups excluding carboxylic acids is 1. The predicted octanol–water partition coefficient (Wildman–Crippen LogP) is 4.00. The minimum absolute atomic E-state index is 0.227. The molecule has 0 aliphatic rings. The van der Waals surface area contributed by atoms with E-state index in [2.05, 4.69) is 25.9 Å². The molecule has 3 nitrogen and oxygen atoms in total. The summed E-state index contributed by atoms with van der Waals surface area (Å²) < 4.78 is 14.4. The number of hydrogen-bond acceptors (Lipinski definition) is 2. The molecule has 1 N–H and O–H groups in total. The second-order valence-electron chi connectivity index (χ2n) is 4.55. The number of ketones is 1. The van der Waals surface area contributed by atoms with E-state index in [-0.39, 0.29) is 11.6 Å². The molecule has 20 heavy (non-hydrogen) atoms. The molecule has 100 valence electrons. The van der Waals surface area contributed by atoms with Crippen molar-refractivity contribution < 1.29 is 9.18 Å². The first-order valence-electron chi connectivity index (χ1n) is 6.00. The van der Waals surface area contributed by atoms with Gasteiger partial charge in [0.2, 0.25) is 0 Å². The van der Waals surface area contributed by atoms with Gasteiger partial charge in [0.1, 0.15) is 11.5 Å². The number of aromatic nitrogens is 2. The first-order chi connectivity index (χ1) is 9.56. The number of aryl methyl sites for hydroxylation is 1. The standard InChI is InChI=1S/C15H10BrFN2O/c1-8-2-3-9(4-13(8)17)14(20)12-7-19-15-11(12)5-10(16)6-18-15/h2-7H,1H3,(H,18,19).